The SMILES string of the molecule is O=C(C1CCNCC1)N1CCCCCCO[C@H]([C@H](O)CO)[C@H](O)[C@@H](O)C1. The van der Waals surface area contributed by atoms with E-state index in [1.807, 2.05) is 0 Å². The molecule has 2 fully saturated rings. The second kappa shape index (κ2) is 11.2. The predicted molar refractivity (Wildman–Crippen MR) is 95.5 cm³/mol. The van der Waals surface area contributed by atoms with Gasteiger partial charge >= 0.3 is 0 Å². The summed E-state index contributed by atoms with van der Waals surface area (Å²) in [5, 5.41) is 43.3. The van der Waals surface area contributed by atoms with E-state index in [1.54, 1.807) is 4.90 Å². The molecule has 26 heavy (non-hydrogen) atoms. The molecular weight excluding hydrogens is 340 g/mol. The van der Waals surface area contributed by atoms with Gasteiger partial charge in [-0.05, 0) is 38.8 Å². The Morgan fingerprint density at radius 2 is 1.85 bits per heavy atom. The Balaban J connectivity index is 2.07. The molecule has 2 aliphatic heterocycles. The average Bonchev–Trinajstić information content (AvgIpc) is 2.67. The molecule has 2 saturated heterocycles. The molecule has 0 radical (unpaired) electrons. The van der Waals surface area contributed by atoms with Gasteiger partial charge < -0.3 is 35.4 Å². The first-order valence-electron chi connectivity index (χ1n) is 9.80. The Labute approximate surface area is 155 Å². The normalized spacial score (nSPS) is 31.7. The van der Waals surface area contributed by atoms with Crippen molar-refractivity contribution in [3.63, 3.8) is 0 Å². The van der Waals surface area contributed by atoms with Crippen LogP contribution in [-0.4, -0.2) is 95.0 Å². The summed E-state index contributed by atoms with van der Waals surface area (Å²) in [6.45, 7) is 1.97. The Kier molecular flexibility index (Phi) is 9.24. The number of nitrogens with one attached hydrogen (secondary N) is 1. The van der Waals surface area contributed by atoms with Gasteiger partial charge in [0.15, 0.2) is 0 Å². The van der Waals surface area contributed by atoms with Crippen LogP contribution in [0.15, 0.2) is 0 Å². The molecular formula is C18H34N2O6. The number of aliphatic hydroxyl groups excluding tert-OH is 4. The van der Waals surface area contributed by atoms with E-state index >= 15 is 0 Å². The smallest absolute Gasteiger partial charge is 0.225 e. The number of nitrogens with zero attached hydrogens (tertiary/aromatic N) is 1. The summed E-state index contributed by atoms with van der Waals surface area (Å²) in [6, 6.07) is 0. The van der Waals surface area contributed by atoms with Crippen LogP contribution in [0.2, 0.25) is 0 Å². The minimum atomic E-state index is -1.38. The third-order valence-corrected chi connectivity index (χ3v) is 5.34. The maximum absolute atomic E-state index is 12.9. The number of carbonyl (C=O) groups excluding carboxylic acids is 1. The van der Waals surface area contributed by atoms with E-state index in [0.29, 0.717) is 13.2 Å². The predicted octanol–water partition coefficient (Wildman–Crippen LogP) is -1.15. The first-order chi connectivity index (χ1) is 12.5. The standard InChI is InChI=1S/C18H34N2O6/c21-12-15(23)17-16(24)14(22)11-20(9-3-1-2-4-10-26-17)18(25)13-5-7-19-8-6-13/h13-17,19,21-24H,1-12H2/t14-,15+,16+,17+/m0/s1. The fourth-order valence-corrected chi connectivity index (χ4v) is 3.69. The summed E-state index contributed by atoms with van der Waals surface area (Å²) in [5.41, 5.74) is 0. The van der Waals surface area contributed by atoms with Crippen molar-refractivity contribution in [1.82, 2.24) is 10.2 Å². The van der Waals surface area contributed by atoms with Gasteiger partial charge in [-0.25, -0.2) is 0 Å². The molecule has 0 spiro atoms. The van der Waals surface area contributed by atoms with Crippen molar-refractivity contribution in [2.24, 2.45) is 5.92 Å². The summed E-state index contributed by atoms with van der Waals surface area (Å²) in [5.74, 6) is -0.0291. The number of piperidine rings is 1. The van der Waals surface area contributed by atoms with Crippen molar-refractivity contribution in [3.8, 4) is 0 Å². The van der Waals surface area contributed by atoms with E-state index in [-0.39, 0.29) is 18.4 Å². The molecule has 0 aromatic rings. The Morgan fingerprint density at radius 1 is 1.15 bits per heavy atom. The zero-order valence-corrected chi connectivity index (χ0v) is 15.4. The lowest BCUT2D eigenvalue weighted by Crippen LogP contribution is -2.53. The molecule has 0 aliphatic carbocycles. The van der Waals surface area contributed by atoms with Crippen molar-refractivity contribution in [2.75, 3.05) is 39.4 Å². The monoisotopic (exact) mass is 374 g/mol. The van der Waals surface area contributed by atoms with Gasteiger partial charge in [0.05, 0.1) is 6.61 Å². The van der Waals surface area contributed by atoms with Crippen LogP contribution in [0.5, 0.6) is 0 Å². The Hall–Kier alpha value is -0.770. The van der Waals surface area contributed by atoms with Crippen LogP contribution in [-0.2, 0) is 9.53 Å². The third-order valence-electron chi connectivity index (χ3n) is 5.34. The summed E-state index contributed by atoms with van der Waals surface area (Å²) < 4.78 is 5.53. The van der Waals surface area contributed by atoms with Crippen LogP contribution in [0.3, 0.4) is 0 Å². The zero-order valence-electron chi connectivity index (χ0n) is 15.4. The highest BCUT2D eigenvalue weighted by molar-refractivity contribution is 5.79. The van der Waals surface area contributed by atoms with E-state index in [9.17, 15) is 25.2 Å². The van der Waals surface area contributed by atoms with Crippen molar-refractivity contribution >= 4 is 5.91 Å². The number of ether oxygens (including phenoxy) is 1. The van der Waals surface area contributed by atoms with Crippen LogP contribution in [0.1, 0.15) is 38.5 Å². The summed E-state index contributed by atoms with van der Waals surface area (Å²) in [6.07, 6.45) is 0.0715. The molecule has 2 rings (SSSR count). The molecule has 8 nitrogen and oxygen atoms in total. The lowest BCUT2D eigenvalue weighted by atomic mass is 9.95. The van der Waals surface area contributed by atoms with Crippen molar-refractivity contribution in [1.29, 1.82) is 0 Å². The van der Waals surface area contributed by atoms with Gasteiger partial charge in [0, 0.05) is 25.6 Å². The van der Waals surface area contributed by atoms with Crippen molar-refractivity contribution in [2.45, 2.75) is 62.9 Å². The van der Waals surface area contributed by atoms with E-state index in [1.165, 1.54) is 0 Å². The highest BCUT2D eigenvalue weighted by Crippen LogP contribution is 2.19. The maximum atomic E-state index is 12.9. The number of β-amino-alcohol motifs (C(OH)–C–C–N with tert-alkyl or cyclic N) is 1. The van der Waals surface area contributed by atoms with Crippen LogP contribution in [0, 0.1) is 5.92 Å². The lowest BCUT2D eigenvalue weighted by Gasteiger charge is -2.35. The molecule has 5 N–H and O–H groups in total. The quantitative estimate of drug-likeness (QED) is 0.423. The molecule has 0 aromatic heterocycles. The second-order valence-electron chi connectivity index (χ2n) is 7.37. The molecule has 2 aliphatic rings. The Bertz CT molecular complexity index is 418. The Morgan fingerprint density at radius 3 is 2.54 bits per heavy atom. The van der Waals surface area contributed by atoms with E-state index in [2.05, 4.69) is 5.32 Å². The number of amides is 1. The summed E-state index contributed by atoms with van der Waals surface area (Å²) in [7, 11) is 0. The van der Waals surface area contributed by atoms with Gasteiger partial charge in [0.2, 0.25) is 5.91 Å². The maximum Gasteiger partial charge on any atom is 0.225 e. The van der Waals surface area contributed by atoms with Gasteiger partial charge in [-0.3, -0.25) is 4.79 Å². The molecule has 1 amide bonds. The first kappa shape index (κ1) is 21.5. The van der Waals surface area contributed by atoms with Gasteiger partial charge in [0.1, 0.15) is 24.4 Å². The number of rotatable bonds is 3. The van der Waals surface area contributed by atoms with E-state index in [0.717, 1.165) is 51.6 Å². The van der Waals surface area contributed by atoms with Gasteiger partial charge in [-0.15, -0.1) is 0 Å². The topological polar surface area (TPSA) is 122 Å². The molecule has 0 bridgehead atoms. The zero-order chi connectivity index (χ0) is 18.9. The average molecular weight is 374 g/mol. The van der Waals surface area contributed by atoms with Crippen LogP contribution < -0.4 is 5.32 Å². The van der Waals surface area contributed by atoms with Gasteiger partial charge in [-0.2, -0.15) is 0 Å². The fraction of sp³-hybridized carbons (Fsp3) is 0.944. The number of aliphatic hydroxyl groups is 4. The fourth-order valence-electron chi connectivity index (χ4n) is 3.69. The minimum Gasteiger partial charge on any atom is -0.394 e. The van der Waals surface area contributed by atoms with E-state index < -0.39 is 31.0 Å². The van der Waals surface area contributed by atoms with Crippen LogP contribution >= 0.6 is 0 Å². The highest BCUT2D eigenvalue weighted by atomic mass is 16.5. The molecule has 0 unspecified atom stereocenters. The molecule has 0 saturated carbocycles. The minimum absolute atomic E-state index is 0.00192. The highest BCUT2D eigenvalue weighted by Gasteiger charge is 2.35. The van der Waals surface area contributed by atoms with Gasteiger partial charge in [0.25, 0.3) is 0 Å². The van der Waals surface area contributed by atoms with Gasteiger partial charge in [-0.1, -0.05) is 12.8 Å². The first-order valence-corrected chi connectivity index (χ1v) is 9.80. The molecule has 152 valence electrons. The second-order valence-corrected chi connectivity index (χ2v) is 7.37. The molecule has 0 aromatic carbocycles. The lowest BCUT2D eigenvalue weighted by molar-refractivity contribution is -0.154. The molecule has 2 heterocycles. The van der Waals surface area contributed by atoms with E-state index in [4.69, 9.17) is 4.74 Å². The molecule has 8 heteroatoms. The van der Waals surface area contributed by atoms with Crippen molar-refractivity contribution in [3.05, 3.63) is 0 Å². The van der Waals surface area contributed by atoms with Crippen LogP contribution in [0.25, 0.3) is 0 Å². The third kappa shape index (κ3) is 6.14. The number of hydrogen-bond acceptors (Lipinski definition) is 7. The number of hydrogen-bond donors (Lipinski definition) is 5. The number of carbonyl (C=O) groups is 1. The molecule has 4 atom stereocenters. The largest absolute Gasteiger partial charge is 0.394 e. The summed E-state index contributed by atoms with van der Waals surface area (Å²) >= 11 is 0. The van der Waals surface area contributed by atoms with Crippen LogP contribution in [0.4, 0.5) is 0 Å². The van der Waals surface area contributed by atoms with Crippen molar-refractivity contribution < 1.29 is 30.0 Å². The summed E-state index contributed by atoms with van der Waals surface area (Å²) in [4.78, 5) is 14.5.